The lowest BCUT2D eigenvalue weighted by molar-refractivity contribution is 0.0697. The normalized spacial score (nSPS) is 17.0. The average Bonchev–Trinajstić information content (AvgIpc) is 2.31. The van der Waals surface area contributed by atoms with Crippen LogP contribution in [-0.4, -0.2) is 29.2 Å². The molecule has 1 aliphatic rings. The van der Waals surface area contributed by atoms with Crippen LogP contribution in [0.1, 0.15) is 29.6 Å². The molecule has 86 valence electrons. The Morgan fingerprint density at radius 3 is 2.31 bits per heavy atom. The second-order valence-electron chi connectivity index (χ2n) is 4.04. The van der Waals surface area contributed by atoms with Crippen molar-refractivity contribution in [1.29, 1.82) is 0 Å². The Morgan fingerprint density at radius 1 is 1.12 bits per heavy atom. The average molecular weight is 220 g/mol. The van der Waals surface area contributed by atoms with Gasteiger partial charge in [-0.25, -0.2) is 9.80 Å². The van der Waals surface area contributed by atoms with E-state index in [1.54, 1.807) is 24.3 Å². The van der Waals surface area contributed by atoms with Crippen LogP contribution in [-0.2, 0) is 0 Å². The predicted octanol–water partition coefficient (Wildman–Crippen LogP) is 2.20. The van der Waals surface area contributed by atoms with Crippen molar-refractivity contribution < 1.29 is 9.90 Å². The lowest BCUT2D eigenvalue weighted by Gasteiger charge is -2.27. The van der Waals surface area contributed by atoms with E-state index < -0.39 is 5.97 Å². The molecular weight excluding hydrogens is 204 g/mol. The molecule has 1 heterocycles. The summed E-state index contributed by atoms with van der Waals surface area (Å²) in [4.78, 5) is 10.7. The lowest BCUT2D eigenvalue weighted by Crippen LogP contribution is -2.34. The molecule has 2 rings (SSSR count). The molecule has 0 bridgehead atoms. The summed E-state index contributed by atoms with van der Waals surface area (Å²) in [6.45, 7) is 2.11. The first-order valence-electron chi connectivity index (χ1n) is 5.61. The van der Waals surface area contributed by atoms with Crippen LogP contribution in [0.25, 0.3) is 0 Å². The fourth-order valence-corrected chi connectivity index (χ4v) is 1.88. The molecule has 16 heavy (non-hydrogen) atoms. The van der Waals surface area contributed by atoms with Gasteiger partial charge in [-0.15, -0.1) is 0 Å². The van der Waals surface area contributed by atoms with Crippen LogP contribution in [0.5, 0.6) is 0 Å². The van der Waals surface area contributed by atoms with Crippen molar-refractivity contribution in [2.75, 3.05) is 18.5 Å². The Labute approximate surface area is 94.9 Å². The van der Waals surface area contributed by atoms with Crippen molar-refractivity contribution in [2.24, 2.45) is 0 Å². The molecule has 0 atom stereocenters. The summed E-state index contributed by atoms with van der Waals surface area (Å²) in [5, 5.41) is 10.9. The summed E-state index contributed by atoms with van der Waals surface area (Å²) in [5.74, 6) is -0.885. The third-order valence-corrected chi connectivity index (χ3v) is 2.78. The Balaban J connectivity index is 1.96. The fraction of sp³-hybridized carbons (Fsp3) is 0.417. The molecule has 0 saturated carbocycles. The third kappa shape index (κ3) is 2.73. The zero-order valence-corrected chi connectivity index (χ0v) is 9.15. The van der Waals surface area contributed by atoms with E-state index in [-0.39, 0.29) is 0 Å². The number of piperidine rings is 1. The summed E-state index contributed by atoms with van der Waals surface area (Å²) >= 11 is 0. The highest BCUT2D eigenvalue weighted by Crippen LogP contribution is 2.14. The molecule has 0 radical (unpaired) electrons. The van der Waals surface area contributed by atoms with E-state index >= 15 is 0 Å². The maximum absolute atomic E-state index is 10.7. The van der Waals surface area contributed by atoms with Gasteiger partial charge in [0.05, 0.1) is 5.56 Å². The summed E-state index contributed by atoms with van der Waals surface area (Å²) in [6.07, 6.45) is 3.75. The number of nitrogens with zero attached hydrogens (tertiary/aromatic N) is 1. The molecule has 1 aromatic rings. The number of carboxylic acids is 1. The molecular formula is C12H16N2O2. The molecule has 0 aliphatic carbocycles. The van der Waals surface area contributed by atoms with Gasteiger partial charge in [0.1, 0.15) is 0 Å². The van der Waals surface area contributed by atoms with Crippen molar-refractivity contribution >= 4 is 11.7 Å². The summed E-state index contributed by atoms with van der Waals surface area (Å²) < 4.78 is 0. The highest BCUT2D eigenvalue weighted by Gasteiger charge is 2.09. The molecule has 4 nitrogen and oxygen atoms in total. The minimum Gasteiger partial charge on any atom is -0.478 e. The fourth-order valence-electron chi connectivity index (χ4n) is 1.88. The molecule has 4 heteroatoms. The Bertz CT molecular complexity index is 356. The molecule has 2 N–H and O–H groups in total. The van der Waals surface area contributed by atoms with E-state index in [9.17, 15) is 4.79 Å². The van der Waals surface area contributed by atoms with Crippen LogP contribution >= 0.6 is 0 Å². The van der Waals surface area contributed by atoms with Crippen LogP contribution in [0.4, 0.5) is 5.69 Å². The van der Waals surface area contributed by atoms with Gasteiger partial charge >= 0.3 is 5.97 Å². The predicted molar refractivity (Wildman–Crippen MR) is 62.4 cm³/mol. The Hall–Kier alpha value is -1.55. The quantitative estimate of drug-likeness (QED) is 0.820. The highest BCUT2D eigenvalue weighted by molar-refractivity contribution is 5.87. The van der Waals surface area contributed by atoms with E-state index in [0.29, 0.717) is 5.56 Å². The Kier molecular flexibility index (Phi) is 3.41. The molecule has 0 amide bonds. The number of hydrazine groups is 1. The number of nitrogens with one attached hydrogen (secondary N) is 1. The van der Waals surface area contributed by atoms with Gasteiger partial charge in [0.25, 0.3) is 0 Å². The molecule has 0 unspecified atom stereocenters. The van der Waals surface area contributed by atoms with Gasteiger partial charge in [-0.3, -0.25) is 0 Å². The van der Waals surface area contributed by atoms with Crippen LogP contribution in [0.15, 0.2) is 24.3 Å². The number of hydrogen-bond acceptors (Lipinski definition) is 3. The number of carboxylic acid groups (broad SMARTS) is 1. The third-order valence-electron chi connectivity index (χ3n) is 2.78. The first-order valence-corrected chi connectivity index (χ1v) is 5.61. The number of aromatic carboxylic acids is 1. The second kappa shape index (κ2) is 4.99. The number of benzene rings is 1. The summed E-state index contributed by atoms with van der Waals surface area (Å²) in [5.41, 5.74) is 4.56. The van der Waals surface area contributed by atoms with Gasteiger partial charge in [0.2, 0.25) is 0 Å². The van der Waals surface area contributed by atoms with Gasteiger partial charge in [-0.2, -0.15) is 0 Å². The topological polar surface area (TPSA) is 52.6 Å². The minimum atomic E-state index is -0.885. The maximum Gasteiger partial charge on any atom is 0.335 e. The van der Waals surface area contributed by atoms with Gasteiger partial charge in [0, 0.05) is 18.8 Å². The largest absolute Gasteiger partial charge is 0.478 e. The molecule has 1 aromatic carbocycles. The van der Waals surface area contributed by atoms with Crippen molar-refractivity contribution in [3.63, 3.8) is 0 Å². The molecule has 1 aliphatic heterocycles. The van der Waals surface area contributed by atoms with Gasteiger partial charge in [-0.05, 0) is 37.1 Å². The molecule has 1 saturated heterocycles. The van der Waals surface area contributed by atoms with Gasteiger partial charge in [0.15, 0.2) is 0 Å². The van der Waals surface area contributed by atoms with Crippen LogP contribution in [0, 0.1) is 0 Å². The van der Waals surface area contributed by atoms with E-state index in [4.69, 9.17) is 5.11 Å². The number of hydrogen-bond donors (Lipinski definition) is 2. The van der Waals surface area contributed by atoms with E-state index in [2.05, 4.69) is 10.4 Å². The molecule has 0 aromatic heterocycles. The van der Waals surface area contributed by atoms with Crippen molar-refractivity contribution in [1.82, 2.24) is 5.01 Å². The lowest BCUT2D eigenvalue weighted by atomic mass is 10.1. The van der Waals surface area contributed by atoms with Crippen LogP contribution < -0.4 is 5.43 Å². The number of carbonyl (C=O) groups is 1. The second-order valence-corrected chi connectivity index (χ2v) is 4.04. The first kappa shape index (κ1) is 11.0. The monoisotopic (exact) mass is 220 g/mol. The van der Waals surface area contributed by atoms with Gasteiger partial charge in [-0.1, -0.05) is 6.42 Å². The zero-order valence-electron chi connectivity index (χ0n) is 9.15. The molecule has 1 fully saturated rings. The van der Waals surface area contributed by atoms with Crippen LogP contribution in [0.2, 0.25) is 0 Å². The van der Waals surface area contributed by atoms with Crippen molar-refractivity contribution in [2.45, 2.75) is 19.3 Å². The van der Waals surface area contributed by atoms with E-state index in [1.165, 1.54) is 19.3 Å². The summed E-state index contributed by atoms with van der Waals surface area (Å²) in [6, 6.07) is 6.85. The van der Waals surface area contributed by atoms with Crippen molar-refractivity contribution in [3.05, 3.63) is 29.8 Å². The first-order chi connectivity index (χ1) is 7.75. The minimum absolute atomic E-state index is 0.323. The smallest absolute Gasteiger partial charge is 0.335 e. The maximum atomic E-state index is 10.7. The van der Waals surface area contributed by atoms with Crippen LogP contribution in [0.3, 0.4) is 0 Å². The number of anilines is 1. The summed E-state index contributed by atoms with van der Waals surface area (Å²) in [7, 11) is 0. The van der Waals surface area contributed by atoms with Gasteiger partial charge < -0.3 is 10.5 Å². The molecule has 0 spiro atoms. The SMILES string of the molecule is O=C(O)c1ccc(NN2CCCCC2)cc1. The Morgan fingerprint density at radius 2 is 1.75 bits per heavy atom. The standard InChI is InChI=1S/C12H16N2O2/c15-12(16)10-4-6-11(7-5-10)13-14-8-2-1-3-9-14/h4-7,13H,1-3,8-9H2,(H,15,16). The number of rotatable bonds is 3. The van der Waals surface area contributed by atoms with Crippen molar-refractivity contribution in [3.8, 4) is 0 Å². The zero-order chi connectivity index (χ0) is 11.4. The highest BCUT2D eigenvalue weighted by atomic mass is 16.4. The van der Waals surface area contributed by atoms with E-state index in [0.717, 1.165) is 18.8 Å². The van der Waals surface area contributed by atoms with E-state index in [1.807, 2.05) is 0 Å².